The van der Waals surface area contributed by atoms with Crippen LogP contribution in [0.25, 0.3) is 0 Å². The molecule has 1 saturated heterocycles. The lowest BCUT2D eigenvalue weighted by Gasteiger charge is -2.46. The third kappa shape index (κ3) is 1.76. The van der Waals surface area contributed by atoms with Crippen molar-refractivity contribution in [2.45, 2.75) is 37.1 Å². The minimum atomic E-state index is 0.162. The molecule has 3 rings (SSSR count). The summed E-state index contributed by atoms with van der Waals surface area (Å²) in [6.07, 6.45) is 4.32. The Kier molecular flexibility index (Phi) is 3.01. The van der Waals surface area contributed by atoms with Gasteiger partial charge in [-0.2, -0.15) is 0 Å². The van der Waals surface area contributed by atoms with Gasteiger partial charge in [0.25, 0.3) is 0 Å². The van der Waals surface area contributed by atoms with Gasteiger partial charge in [0.15, 0.2) is 0 Å². The van der Waals surface area contributed by atoms with Crippen LogP contribution >= 0.6 is 15.9 Å². The number of fused-ring (bicyclic) bond motifs is 2. The Balaban J connectivity index is 2.12. The maximum atomic E-state index is 6.44. The quantitative estimate of drug-likeness (QED) is 0.799. The molecule has 17 heavy (non-hydrogen) atoms. The van der Waals surface area contributed by atoms with Gasteiger partial charge in [-0.25, -0.2) is 0 Å². The van der Waals surface area contributed by atoms with Crippen molar-refractivity contribution < 1.29 is 4.74 Å². The van der Waals surface area contributed by atoms with Crippen LogP contribution in [0.4, 0.5) is 0 Å². The number of halogens is 1. The maximum absolute atomic E-state index is 6.44. The molecule has 1 aliphatic carbocycles. The van der Waals surface area contributed by atoms with E-state index in [2.05, 4.69) is 34.1 Å². The van der Waals surface area contributed by atoms with E-state index >= 15 is 0 Å². The summed E-state index contributed by atoms with van der Waals surface area (Å²) in [4.78, 5) is 0. The predicted octanol–water partition coefficient (Wildman–Crippen LogP) is 2.77. The Morgan fingerprint density at radius 2 is 2.06 bits per heavy atom. The number of rotatable bonds is 0. The van der Waals surface area contributed by atoms with Crippen molar-refractivity contribution in [3.63, 3.8) is 0 Å². The van der Waals surface area contributed by atoms with Crippen molar-refractivity contribution >= 4 is 15.9 Å². The predicted molar refractivity (Wildman–Crippen MR) is 72.2 cm³/mol. The summed E-state index contributed by atoms with van der Waals surface area (Å²) in [5.74, 6) is 0. The van der Waals surface area contributed by atoms with Crippen LogP contribution in [0.3, 0.4) is 0 Å². The molecule has 1 heterocycles. The highest BCUT2D eigenvalue weighted by molar-refractivity contribution is 9.10. The van der Waals surface area contributed by atoms with E-state index in [1.165, 1.54) is 15.6 Å². The van der Waals surface area contributed by atoms with Gasteiger partial charge in [-0.1, -0.05) is 28.1 Å². The van der Waals surface area contributed by atoms with Crippen molar-refractivity contribution in [3.8, 4) is 0 Å². The molecule has 1 aromatic carbocycles. The first-order valence-electron chi connectivity index (χ1n) is 6.35. The average molecular weight is 296 g/mol. The molecule has 2 nitrogen and oxygen atoms in total. The lowest BCUT2D eigenvalue weighted by Crippen LogP contribution is -2.51. The smallest absolute Gasteiger partial charge is 0.0475 e. The zero-order valence-electron chi connectivity index (χ0n) is 9.92. The van der Waals surface area contributed by atoms with E-state index in [4.69, 9.17) is 10.5 Å². The van der Waals surface area contributed by atoms with Crippen LogP contribution in [0.15, 0.2) is 22.7 Å². The maximum Gasteiger partial charge on any atom is 0.0475 e. The number of hydrogen-bond donors (Lipinski definition) is 1. The minimum absolute atomic E-state index is 0.162. The molecule has 2 aliphatic rings. The van der Waals surface area contributed by atoms with Gasteiger partial charge in [0.2, 0.25) is 0 Å². The van der Waals surface area contributed by atoms with Crippen molar-refractivity contribution in [2.75, 3.05) is 13.2 Å². The molecule has 1 fully saturated rings. The third-order valence-electron chi connectivity index (χ3n) is 4.46. The molecule has 0 bridgehead atoms. The molecule has 1 aliphatic heterocycles. The van der Waals surface area contributed by atoms with E-state index < -0.39 is 0 Å². The SMILES string of the molecule is NC1CCc2c(Br)cccc2C12CCOCC2. The summed E-state index contributed by atoms with van der Waals surface area (Å²) < 4.78 is 6.77. The second-order valence-electron chi connectivity index (χ2n) is 5.18. The fraction of sp³-hybridized carbons (Fsp3) is 0.571. The first-order chi connectivity index (χ1) is 8.24. The van der Waals surface area contributed by atoms with Gasteiger partial charge in [0, 0.05) is 29.1 Å². The third-order valence-corrected chi connectivity index (χ3v) is 5.20. The second-order valence-corrected chi connectivity index (χ2v) is 6.03. The van der Waals surface area contributed by atoms with E-state index in [1.54, 1.807) is 0 Å². The van der Waals surface area contributed by atoms with Gasteiger partial charge in [0.1, 0.15) is 0 Å². The average Bonchev–Trinajstić information content (AvgIpc) is 2.36. The summed E-state index contributed by atoms with van der Waals surface area (Å²) >= 11 is 3.68. The number of hydrogen-bond acceptors (Lipinski definition) is 2. The summed E-state index contributed by atoms with van der Waals surface area (Å²) in [6, 6.07) is 6.83. The van der Waals surface area contributed by atoms with Crippen molar-refractivity contribution in [2.24, 2.45) is 5.73 Å². The highest BCUT2D eigenvalue weighted by atomic mass is 79.9. The Hall–Kier alpha value is -0.380. The standard InChI is InChI=1S/C14H18BrNO/c15-12-3-1-2-11-10(12)4-5-13(16)14(11)6-8-17-9-7-14/h1-3,13H,4-9,16H2. The largest absolute Gasteiger partial charge is 0.381 e. The van der Waals surface area contributed by atoms with E-state index in [1.807, 2.05) is 0 Å². The van der Waals surface area contributed by atoms with Crippen LogP contribution in [-0.4, -0.2) is 19.3 Å². The molecular weight excluding hydrogens is 278 g/mol. The highest BCUT2D eigenvalue weighted by Crippen LogP contribution is 2.45. The molecule has 1 atom stereocenters. The number of benzene rings is 1. The van der Waals surface area contributed by atoms with Gasteiger partial charge in [-0.05, 0) is 42.9 Å². The van der Waals surface area contributed by atoms with Crippen LogP contribution in [0.5, 0.6) is 0 Å². The van der Waals surface area contributed by atoms with Gasteiger partial charge in [-0.15, -0.1) is 0 Å². The highest BCUT2D eigenvalue weighted by Gasteiger charge is 2.43. The fourth-order valence-electron chi connectivity index (χ4n) is 3.43. The van der Waals surface area contributed by atoms with E-state index in [0.717, 1.165) is 38.9 Å². The fourth-order valence-corrected chi connectivity index (χ4v) is 4.00. The van der Waals surface area contributed by atoms with E-state index in [0.29, 0.717) is 0 Å². The summed E-state index contributed by atoms with van der Waals surface area (Å²) in [7, 11) is 0. The Bertz CT molecular complexity index is 426. The van der Waals surface area contributed by atoms with Crippen LogP contribution < -0.4 is 5.73 Å². The molecule has 0 aromatic heterocycles. The minimum Gasteiger partial charge on any atom is -0.381 e. The van der Waals surface area contributed by atoms with E-state index in [-0.39, 0.29) is 11.5 Å². The molecule has 0 saturated carbocycles. The lowest BCUT2D eigenvalue weighted by atomic mass is 9.63. The molecule has 0 radical (unpaired) electrons. The molecule has 1 unspecified atom stereocenters. The number of nitrogens with two attached hydrogens (primary N) is 1. The molecule has 2 N–H and O–H groups in total. The molecule has 3 heteroatoms. The Labute approximate surface area is 111 Å². The molecule has 1 aromatic rings. The van der Waals surface area contributed by atoms with E-state index in [9.17, 15) is 0 Å². The summed E-state index contributed by atoms with van der Waals surface area (Å²) in [5.41, 5.74) is 9.54. The lowest BCUT2D eigenvalue weighted by molar-refractivity contribution is 0.0359. The Morgan fingerprint density at radius 3 is 2.82 bits per heavy atom. The van der Waals surface area contributed by atoms with Crippen LogP contribution in [-0.2, 0) is 16.6 Å². The first kappa shape index (κ1) is 11.7. The Morgan fingerprint density at radius 1 is 1.29 bits per heavy atom. The van der Waals surface area contributed by atoms with Crippen molar-refractivity contribution in [1.82, 2.24) is 0 Å². The number of ether oxygens (including phenoxy) is 1. The molecule has 1 spiro atoms. The zero-order valence-corrected chi connectivity index (χ0v) is 11.5. The molecular formula is C14H18BrNO. The van der Waals surface area contributed by atoms with Gasteiger partial charge in [0.05, 0.1) is 0 Å². The normalized spacial score (nSPS) is 26.8. The van der Waals surface area contributed by atoms with Gasteiger partial charge in [-0.3, -0.25) is 0 Å². The van der Waals surface area contributed by atoms with Gasteiger partial charge < -0.3 is 10.5 Å². The van der Waals surface area contributed by atoms with Crippen LogP contribution in [0, 0.1) is 0 Å². The topological polar surface area (TPSA) is 35.2 Å². The second kappa shape index (κ2) is 4.38. The van der Waals surface area contributed by atoms with Crippen molar-refractivity contribution in [3.05, 3.63) is 33.8 Å². The van der Waals surface area contributed by atoms with Crippen LogP contribution in [0.1, 0.15) is 30.4 Å². The van der Waals surface area contributed by atoms with Crippen LogP contribution in [0.2, 0.25) is 0 Å². The summed E-state index contributed by atoms with van der Waals surface area (Å²) in [6.45, 7) is 1.69. The monoisotopic (exact) mass is 295 g/mol. The van der Waals surface area contributed by atoms with Crippen molar-refractivity contribution in [1.29, 1.82) is 0 Å². The molecule has 0 amide bonds. The zero-order chi connectivity index (χ0) is 11.9. The van der Waals surface area contributed by atoms with Gasteiger partial charge >= 0.3 is 0 Å². The summed E-state index contributed by atoms with van der Waals surface area (Å²) in [5, 5.41) is 0. The first-order valence-corrected chi connectivity index (χ1v) is 7.14. The molecule has 92 valence electrons.